The molecule has 2 N–H and O–H groups in total. The standard InChI is InChI=1S/C11H15BrFNO/c12-10-2-3-11(13)9(8-10)4-6-14-5-1-7-15/h2-3,8,14-15H,1,4-7H2. The van der Waals surface area contributed by atoms with Gasteiger partial charge in [0.25, 0.3) is 0 Å². The van der Waals surface area contributed by atoms with Crippen LogP contribution in [-0.4, -0.2) is 24.8 Å². The van der Waals surface area contributed by atoms with Gasteiger partial charge in [0.15, 0.2) is 0 Å². The van der Waals surface area contributed by atoms with Crippen molar-refractivity contribution < 1.29 is 9.50 Å². The van der Waals surface area contributed by atoms with Crippen molar-refractivity contribution >= 4 is 15.9 Å². The van der Waals surface area contributed by atoms with Gasteiger partial charge in [0, 0.05) is 11.1 Å². The maximum atomic E-state index is 13.3. The van der Waals surface area contributed by atoms with Crippen LogP contribution in [0.3, 0.4) is 0 Å². The van der Waals surface area contributed by atoms with Crippen molar-refractivity contribution in [1.29, 1.82) is 0 Å². The van der Waals surface area contributed by atoms with E-state index in [0.29, 0.717) is 12.0 Å². The highest BCUT2D eigenvalue weighted by Crippen LogP contribution is 2.15. The van der Waals surface area contributed by atoms with Gasteiger partial charge in [0.1, 0.15) is 5.82 Å². The van der Waals surface area contributed by atoms with Crippen LogP contribution in [0.4, 0.5) is 4.39 Å². The van der Waals surface area contributed by atoms with E-state index in [1.54, 1.807) is 12.1 Å². The Balaban J connectivity index is 2.33. The highest BCUT2D eigenvalue weighted by atomic mass is 79.9. The number of rotatable bonds is 6. The van der Waals surface area contributed by atoms with Gasteiger partial charge in [-0.05, 0) is 49.7 Å². The van der Waals surface area contributed by atoms with Crippen molar-refractivity contribution in [2.45, 2.75) is 12.8 Å². The molecule has 0 saturated carbocycles. The van der Waals surface area contributed by atoms with Gasteiger partial charge in [0.05, 0.1) is 0 Å². The average molecular weight is 276 g/mol. The van der Waals surface area contributed by atoms with Crippen LogP contribution < -0.4 is 5.32 Å². The minimum absolute atomic E-state index is 0.165. The van der Waals surface area contributed by atoms with E-state index in [1.165, 1.54) is 6.07 Å². The maximum Gasteiger partial charge on any atom is 0.126 e. The van der Waals surface area contributed by atoms with Crippen LogP contribution in [0, 0.1) is 5.82 Å². The molecule has 4 heteroatoms. The Bertz CT molecular complexity index is 307. The molecule has 0 bridgehead atoms. The zero-order valence-electron chi connectivity index (χ0n) is 8.47. The summed E-state index contributed by atoms with van der Waals surface area (Å²) < 4.78 is 14.2. The van der Waals surface area contributed by atoms with Gasteiger partial charge in [-0.15, -0.1) is 0 Å². The van der Waals surface area contributed by atoms with Crippen LogP contribution in [0.25, 0.3) is 0 Å². The summed E-state index contributed by atoms with van der Waals surface area (Å²) in [4.78, 5) is 0. The maximum absolute atomic E-state index is 13.3. The van der Waals surface area contributed by atoms with Crippen LogP contribution in [-0.2, 0) is 6.42 Å². The molecule has 0 saturated heterocycles. The Labute approximate surface area is 97.6 Å². The second-order valence-electron chi connectivity index (χ2n) is 3.31. The fourth-order valence-electron chi connectivity index (χ4n) is 1.29. The van der Waals surface area contributed by atoms with Gasteiger partial charge < -0.3 is 10.4 Å². The van der Waals surface area contributed by atoms with Crippen molar-refractivity contribution in [3.8, 4) is 0 Å². The summed E-state index contributed by atoms with van der Waals surface area (Å²) in [5.41, 5.74) is 0.709. The fourth-order valence-corrected chi connectivity index (χ4v) is 1.70. The lowest BCUT2D eigenvalue weighted by molar-refractivity contribution is 0.286. The number of aliphatic hydroxyl groups is 1. The molecule has 0 unspecified atom stereocenters. The third kappa shape index (κ3) is 4.73. The molecule has 15 heavy (non-hydrogen) atoms. The van der Waals surface area contributed by atoms with Gasteiger partial charge in [-0.3, -0.25) is 0 Å². The Kier molecular flexibility index (Phi) is 5.83. The fraction of sp³-hybridized carbons (Fsp3) is 0.455. The van der Waals surface area contributed by atoms with E-state index in [0.717, 1.165) is 24.0 Å². The van der Waals surface area contributed by atoms with Gasteiger partial charge in [0.2, 0.25) is 0 Å². The molecule has 84 valence electrons. The first-order chi connectivity index (χ1) is 7.24. The number of hydrogen-bond acceptors (Lipinski definition) is 2. The van der Waals surface area contributed by atoms with Gasteiger partial charge in [-0.2, -0.15) is 0 Å². The molecule has 0 aliphatic heterocycles. The quantitative estimate of drug-likeness (QED) is 0.780. The third-order valence-electron chi connectivity index (χ3n) is 2.09. The topological polar surface area (TPSA) is 32.3 Å². The van der Waals surface area contributed by atoms with Crippen LogP contribution in [0.1, 0.15) is 12.0 Å². The summed E-state index contributed by atoms with van der Waals surface area (Å²) >= 11 is 3.31. The van der Waals surface area contributed by atoms with Crippen molar-refractivity contribution in [1.82, 2.24) is 5.32 Å². The van der Waals surface area contributed by atoms with Gasteiger partial charge >= 0.3 is 0 Å². The lowest BCUT2D eigenvalue weighted by atomic mass is 10.1. The SMILES string of the molecule is OCCCNCCc1cc(Br)ccc1F. The molecule has 0 aromatic heterocycles. The molecule has 0 aliphatic rings. The average Bonchev–Trinajstić information content (AvgIpc) is 2.23. The summed E-state index contributed by atoms with van der Waals surface area (Å²) in [7, 11) is 0. The molecular weight excluding hydrogens is 261 g/mol. The molecule has 2 nitrogen and oxygen atoms in total. The molecule has 1 aromatic carbocycles. The Morgan fingerprint density at radius 3 is 2.87 bits per heavy atom. The summed E-state index contributed by atoms with van der Waals surface area (Å²) in [6.07, 6.45) is 1.40. The minimum Gasteiger partial charge on any atom is -0.396 e. The molecule has 0 amide bonds. The van der Waals surface area contributed by atoms with Crippen LogP contribution >= 0.6 is 15.9 Å². The number of benzene rings is 1. The first kappa shape index (κ1) is 12.6. The highest BCUT2D eigenvalue weighted by molar-refractivity contribution is 9.10. The summed E-state index contributed by atoms with van der Waals surface area (Å²) in [6, 6.07) is 4.95. The Morgan fingerprint density at radius 2 is 2.13 bits per heavy atom. The number of halogens is 2. The molecule has 1 rings (SSSR count). The largest absolute Gasteiger partial charge is 0.396 e. The monoisotopic (exact) mass is 275 g/mol. The van der Waals surface area contributed by atoms with Crippen LogP contribution in [0.2, 0.25) is 0 Å². The molecule has 1 aromatic rings. The minimum atomic E-state index is -0.165. The van der Waals surface area contributed by atoms with E-state index in [-0.39, 0.29) is 12.4 Å². The first-order valence-corrected chi connectivity index (χ1v) is 5.79. The summed E-state index contributed by atoms with van der Waals surface area (Å²) in [6.45, 7) is 1.69. The molecular formula is C11H15BrFNO. The predicted molar refractivity (Wildman–Crippen MR) is 62.4 cm³/mol. The van der Waals surface area contributed by atoms with E-state index in [4.69, 9.17) is 5.11 Å². The number of hydrogen-bond donors (Lipinski definition) is 2. The van der Waals surface area contributed by atoms with E-state index in [9.17, 15) is 4.39 Å². The van der Waals surface area contributed by atoms with Crippen molar-refractivity contribution in [3.63, 3.8) is 0 Å². The third-order valence-corrected chi connectivity index (χ3v) is 2.58. The Morgan fingerprint density at radius 1 is 1.33 bits per heavy atom. The van der Waals surface area contributed by atoms with E-state index < -0.39 is 0 Å². The zero-order chi connectivity index (χ0) is 11.1. The molecule has 0 aliphatic carbocycles. The van der Waals surface area contributed by atoms with Gasteiger partial charge in [-0.25, -0.2) is 4.39 Å². The van der Waals surface area contributed by atoms with Crippen molar-refractivity contribution in [3.05, 3.63) is 34.1 Å². The zero-order valence-corrected chi connectivity index (χ0v) is 10.1. The lowest BCUT2D eigenvalue weighted by Crippen LogP contribution is -2.19. The van der Waals surface area contributed by atoms with Crippen molar-refractivity contribution in [2.24, 2.45) is 0 Å². The van der Waals surface area contributed by atoms with Crippen LogP contribution in [0.15, 0.2) is 22.7 Å². The smallest absolute Gasteiger partial charge is 0.126 e. The predicted octanol–water partition coefficient (Wildman–Crippen LogP) is 2.10. The van der Waals surface area contributed by atoms with E-state index in [2.05, 4.69) is 21.2 Å². The summed E-state index contributed by atoms with van der Waals surface area (Å²) in [5.74, 6) is -0.165. The Hall–Kier alpha value is -0.450. The second kappa shape index (κ2) is 6.93. The molecule has 0 heterocycles. The van der Waals surface area contributed by atoms with E-state index >= 15 is 0 Å². The number of nitrogens with one attached hydrogen (secondary N) is 1. The molecule has 0 radical (unpaired) electrons. The van der Waals surface area contributed by atoms with Gasteiger partial charge in [-0.1, -0.05) is 15.9 Å². The first-order valence-electron chi connectivity index (χ1n) is 4.99. The number of aliphatic hydroxyl groups excluding tert-OH is 1. The molecule has 0 fully saturated rings. The molecule has 0 atom stereocenters. The highest BCUT2D eigenvalue weighted by Gasteiger charge is 2.01. The normalized spacial score (nSPS) is 10.6. The lowest BCUT2D eigenvalue weighted by Gasteiger charge is -2.05. The van der Waals surface area contributed by atoms with Crippen molar-refractivity contribution in [2.75, 3.05) is 19.7 Å². The van der Waals surface area contributed by atoms with Crippen LogP contribution in [0.5, 0.6) is 0 Å². The summed E-state index contributed by atoms with van der Waals surface area (Å²) in [5, 5.41) is 11.7. The molecule has 0 spiro atoms. The second-order valence-corrected chi connectivity index (χ2v) is 4.23. The van der Waals surface area contributed by atoms with E-state index in [1.807, 2.05) is 0 Å².